The molecule has 0 saturated carbocycles. The molecule has 0 unspecified atom stereocenters. The molecule has 0 amide bonds. The number of hydrogen-bond donors (Lipinski definition) is 1. The number of ether oxygens (including phenoxy) is 1. The number of nitrogens with zero attached hydrogens (tertiary/aromatic N) is 1. The summed E-state index contributed by atoms with van der Waals surface area (Å²) in [4.78, 5) is 7.75. The van der Waals surface area contributed by atoms with Gasteiger partial charge >= 0.3 is 0 Å². The predicted molar refractivity (Wildman–Crippen MR) is 71.4 cm³/mol. The summed E-state index contributed by atoms with van der Waals surface area (Å²) in [5.41, 5.74) is 1.97. The van der Waals surface area contributed by atoms with Crippen LogP contribution in [0.3, 0.4) is 0 Å². The molecule has 2 rings (SSSR count). The van der Waals surface area contributed by atoms with Crippen LogP contribution in [0.15, 0.2) is 23.4 Å². The van der Waals surface area contributed by atoms with Gasteiger partial charge in [0.25, 0.3) is 0 Å². The minimum absolute atomic E-state index is 0.820. The van der Waals surface area contributed by atoms with Crippen molar-refractivity contribution < 1.29 is 4.74 Å². The number of methoxy groups -OCH3 is 1. The molecule has 1 heterocycles. The van der Waals surface area contributed by atoms with E-state index in [1.165, 1.54) is 0 Å². The van der Waals surface area contributed by atoms with E-state index in [-0.39, 0.29) is 0 Å². The smallest absolute Gasteiger partial charge is 0.166 e. The van der Waals surface area contributed by atoms with Crippen molar-refractivity contribution in [2.75, 3.05) is 12.9 Å². The van der Waals surface area contributed by atoms with E-state index in [1.54, 1.807) is 18.9 Å². The minimum atomic E-state index is 0.820. The van der Waals surface area contributed by atoms with E-state index in [0.29, 0.717) is 0 Å². The number of aromatic amines is 1. The molecular formula is C13H14N2OS. The highest BCUT2D eigenvalue weighted by atomic mass is 32.2. The highest BCUT2D eigenvalue weighted by Crippen LogP contribution is 2.23. The fourth-order valence-electron chi connectivity index (χ4n) is 1.50. The van der Waals surface area contributed by atoms with Gasteiger partial charge in [-0.15, -0.1) is 12.3 Å². The zero-order valence-corrected chi connectivity index (χ0v) is 10.5. The predicted octanol–water partition coefficient (Wildman–Crippen LogP) is 3.08. The first-order valence-electron chi connectivity index (χ1n) is 5.43. The Labute approximate surface area is 105 Å². The summed E-state index contributed by atoms with van der Waals surface area (Å²) in [6, 6.07) is 5.82. The molecule has 17 heavy (non-hydrogen) atoms. The lowest BCUT2D eigenvalue weighted by atomic mass is 10.3. The van der Waals surface area contributed by atoms with Crippen molar-refractivity contribution in [1.82, 2.24) is 9.97 Å². The third-order valence-corrected chi connectivity index (χ3v) is 3.33. The molecule has 0 fully saturated rings. The number of H-pyrrole nitrogens is 1. The Hall–Kier alpha value is -1.60. The third kappa shape index (κ3) is 2.95. The first kappa shape index (κ1) is 11.9. The Bertz CT molecular complexity index is 542. The number of fused-ring (bicyclic) bond motifs is 1. The van der Waals surface area contributed by atoms with Crippen molar-refractivity contribution >= 4 is 22.8 Å². The molecular weight excluding hydrogens is 232 g/mol. The van der Waals surface area contributed by atoms with Gasteiger partial charge in [-0.3, -0.25) is 0 Å². The van der Waals surface area contributed by atoms with Gasteiger partial charge in [0.15, 0.2) is 5.16 Å². The standard InChI is InChI=1S/C13H14N2OS/c1-3-4-5-8-17-13-14-11-7-6-10(16-2)9-12(11)15-13/h1,6-7,9H,4-5,8H2,2H3,(H,14,15). The molecule has 0 atom stereocenters. The van der Waals surface area contributed by atoms with Crippen LogP contribution in [0.4, 0.5) is 0 Å². The van der Waals surface area contributed by atoms with Crippen LogP contribution in [0.2, 0.25) is 0 Å². The summed E-state index contributed by atoms with van der Waals surface area (Å²) in [7, 11) is 1.66. The number of rotatable bonds is 5. The average Bonchev–Trinajstić information content (AvgIpc) is 2.76. The molecule has 1 aromatic carbocycles. The number of nitrogens with one attached hydrogen (secondary N) is 1. The molecule has 0 spiro atoms. The molecule has 1 N–H and O–H groups in total. The number of benzene rings is 1. The molecule has 3 nitrogen and oxygen atoms in total. The lowest BCUT2D eigenvalue weighted by molar-refractivity contribution is 0.415. The maximum Gasteiger partial charge on any atom is 0.166 e. The molecule has 4 heteroatoms. The Morgan fingerprint density at radius 2 is 2.41 bits per heavy atom. The number of imidazole rings is 1. The number of aromatic nitrogens is 2. The molecule has 1 aromatic heterocycles. The summed E-state index contributed by atoms with van der Waals surface area (Å²) in [6.45, 7) is 0. The van der Waals surface area contributed by atoms with Crippen LogP contribution in [0.5, 0.6) is 5.75 Å². The van der Waals surface area contributed by atoms with Crippen LogP contribution in [0.1, 0.15) is 12.8 Å². The Kier molecular flexibility index (Phi) is 3.94. The SMILES string of the molecule is C#CCCCSc1nc2ccc(OC)cc2[nH]1. The number of terminal acetylenes is 1. The van der Waals surface area contributed by atoms with Gasteiger partial charge in [-0.1, -0.05) is 11.8 Å². The van der Waals surface area contributed by atoms with E-state index in [4.69, 9.17) is 11.2 Å². The molecule has 0 bridgehead atoms. The van der Waals surface area contributed by atoms with E-state index >= 15 is 0 Å². The zero-order valence-electron chi connectivity index (χ0n) is 9.69. The Balaban J connectivity index is 2.07. The first-order valence-corrected chi connectivity index (χ1v) is 6.42. The Morgan fingerprint density at radius 3 is 3.18 bits per heavy atom. The van der Waals surface area contributed by atoms with Crippen molar-refractivity contribution in [2.45, 2.75) is 18.0 Å². The third-order valence-electron chi connectivity index (χ3n) is 2.37. The van der Waals surface area contributed by atoms with E-state index in [2.05, 4.69) is 15.9 Å². The van der Waals surface area contributed by atoms with Crippen molar-refractivity contribution in [3.63, 3.8) is 0 Å². The van der Waals surface area contributed by atoms with Crippen LogP contribution in [0, 0.1) is 12.3 Å². The van der Waals surface area contributed by atoms with Gasteiger partial charge in [0.2, 0.25) is 0 Å². The molecule has 88 valence electrons. The average molecular weight is 246 g/mol. The van der Waals surface area contributed by atoms with Crippen molar-refractivity contribution in [3.8, 4) is 18.1 Å². The van der Waals surface area contributed by atoms with Gasteiger partial charge in [0, 0.05) is 18.2 Å². The van der Waals surface area contributed by atoms with E-state index in [0.717, 1.165) is 40.5 Å². The van der Waals surface area contributed by atoms with Crippen LogP contribution in [-0.2, 0) is 0 Å². The molecule has 0 aliphatic heterocycles. The number of hydrogen-bond acceptors (Lipinski definition) is 3. The van der Waals surface area contributed by atoms with Gasteiger partial charge < -0.3 is 9.72 Å². The fourth-order valence-corrected chi connectivity index (χ4v) is 2.33. The Morgan fingerprint density at radius 1 is 1.53 bits per heavy atom. The summed E-state index contributed by atoms with van der Waals surface area (Å²) < 4.78 is 5.17. The maximum absolute atomic E-state index is 5.20. The molecule has 0 aliphatic rings. The lowest BCUT2D eigenvalue weighted by Gasteiger charge is -1.96. The normalized spacial score (nSPS) is 10.4. The first-order chi connectivity index (χ1) is 8.33. The molecule has 0 radical (unpaired) electrons. The molecule has 2 aromatic rings. The van der Waals surface area contributed by atoms with Gasteiger partial charge in [0.1, 0.15) is 5.75 Å². The van der Waals surface area contributed by atoms with Gasteiger partial charge in [-0.25, -0.2) is 4.98 Å². The highest BCUT2D eigenvalue weighted by Gasteiger charge is 2.04. The van der Waals surface area contributed by atoms with Gasteiger partial charge in [0.05, 0.1) is 18.1 Å². The summed E-state index contributed by atoms with van der Waals surface area (Å²) in [5, 5.41) is 0.935. The van der Waals surface area contributed by atoms with Crippen LogP contribution < -0.4 is 4.74 Å². The topological polar surface area (TPSA) is 37.9 Å². The van der Waals surface area contributed by atoms with E-state index in [1.807, 2.05) is 18.2 Å². The number of unbranched alkanes of at least 4 members (excludes halogenated alkanes) is 1. The van der Waals surface area contributed by atoms with Crippen molar-refractivity contribution in [3.05, 3.63) is 18.2 Å². The fraction of sp³-hybridized carbons (Fsp3) is 0.308. The summed E-state index contributed by atoms with van der Waals surface area (Å²) >= 11 is 1.70. The largest absolute Gasteiger partial charge is 0.497 e. The second-order valence-electron chi connectivity index (χ2n) is 3.58. The quantitative estimate of drug-likeness (QED) is 0.500. The van der Waals surface area contributed by atoms with Crippen LogP contribution in [0.25, 0.3) is 11.0 Å². The van der Waals surface area contributed by atoms with Crippen molar-refractivity contribution in [1.29, 1.82) is 0 Å². The highest BCUT2D eigenvalue weighted by molar-refractivity contribution is 7.99. The van der Waals surface area contributed by atoms with E-state index < -0.39 is 0 Å². The second-order valence-corrected chi connectivity index (χ2v) is 4.66. The van der Waals surface area contributed by atoms with Crippen LogP contribution in [-0.4, -0.2) is 22.8 Å². The lowest BCUT2D eigenvalue weighted by Crippen LogP contribution is -1.81. The molecule has 0 aliphatic carbocycles. The maximum atomic E-state index is 5.20. The molecule has 0 saturated heterocycles. The van der Waals surface area contributed by atoms with Gasteiger partial charge in [-0.2, -0.15) is 0 Å². The number of thioether (sulfide) groups is 1. The monoisotopic (exact) mass is 246 g/mol. The van der Waals surface area contributed by atoms with Crippen molar-refractivity contribution in [2.24, 2.45) is 0 Å². The minimum Gasteiger partial charge on any atom is -0.497 e. The van der Waals surface area contributed by atoms with Crippen LogP contribution >= 0.6 is 11.8 Å². The summed E-state index contributed by atoms with van der Waals surface area (Å²) in [6.07, 6.45) is 7.04. The zero-order chi connectivity index (χ0) is 12.1. The second kappa shape index (κ2) is 5.65. The van der Waals surface area contributed by atoms with E-state index in [9.17, 15) is 0 Å². The summed E-state index contributed by atoms with van der Waals surface area (Å²) in [5.74, 6) is 4.46. The van der Waals surface area contributed by atoms with Gasteiger partial charge in [-0.05, 0) is 18.6 Å².